The highest BCUT2D eigenvalue weighted by atomic mass is 32.1. The SMILES string of the molecule is COc1ccccc1C(=O)NCCc1nc(-c2cccs2)cn1C. The van der Waals surface area contributed by atoms with Crippen molar-refractivity contribution < 1.29 is 9.53 Å². The van der Waals surface area contributed by atoms with Crippen LogP contribution in [0, 0.1) is 0 Å². The Morgan fingerprint density at radius 1 is 1.29 bits per heavy atom. The Hall–Kier alpha value is -2.60. The first-order chi connectivity index (χ1) is 11.7. The highest BCUT2D eigenvalue weighted by Crippen LogP contribution is 2.23. The number of nitrogens with one attached hydrogen (secondary N) is 1. The van der Waals surface area contributed by atoms with Crippen LogP contribution < -0.4 is 10.1 Å². The lowest BCUT2D eigenvalue weighted by molar-refractivity contribution is 0.0951. The summed E-state index contributed by atoms with van der Waals surface area (Å²) in [4.78, 5) is 18.1. The van der Waals surface area contributed by atoms with Crippen molar-refractivity contribution in [3.63, 3.8) is 0 Å². The third-order valence-electron chi connectivity index (χ3n) is 3.73. The number of para-hydroxylation sites is 1. The molecule has 0 spiro atoms. The standard InChI is InChI=1S/C18H19N3O2S/c1-21-12-14(16-8-5-11-24-16)20-17(21)9-10-19-18(22)13-6-3-4-7-15(13)23-2/h3-8,11-12H,9-10H2,1-2H3,(H,19,22). The van der Waals surface area contributed by atoms with Gasteiger partial charge in [0.25, 0.3) is 5.91 Å². The Labute approximate surface area is 144 Å². The summed E-state index contributed by atoms with van der Waals surface area (Å²) in [6.07, 6.45) is 2.69. The van der Waals surface area contributed by atoms with Crippen LogP contribution >= 0.6 is 11.3 Å². The van der Waals surface area contributed by atoms with Gasteiger partial charge >= 0.3 is 0 Å². The third kappa shape index (κ3) is 3.49. The molecule has 0 bridgehead atoms. The summed E-state index contributed by atoms with van der Waals surface area (Å²) in [6.45, 7) is 0.519. The van der Waals surface area contributed by atoms with Crippen LogP contribution in [0.5, 0.6) is 5.75 Å². The normalized spacial score (nSPS) is 10.6. The monoisotopic (exact) mass is 341 g/mol. The predicted octanol–water partition coefficient (Wildman–Crippen LogP) is 3.13. The number of aryl methyl sites for hydroxylation is 1. The van der Waals surface area contributed by atoms with E-state index in [2.05, 4.69) is 16.4 Å². The summed E-state index contributed by atoms with van der Waals surface area (Å²) in [5, 5.41) is 4.96. The topological polar surface area (TPSA) is 56.1 Å². The smallest absolute Gasteiger partial charge is 0.255 e. The van der Waals surface area contributed by atoms with E-state index in [9.17, 15) is 4.79 Å². The van der Waals surface area contributed by atoms with Crippen molar-refractivity contribution in [1.82, 2.24) is 14.9 Å². The van der Waals surface area contributed by atoms with E-state index in [1.54, 1.807) is 30.6 Å². The third-order valence-corrected chi connectivity index (χ3v) is 4.62. The molecule has 124 valence electrons. The Kier molecular flexibility index (Phi) is 4.96. The zero-order chi connectivity index (χ0) is 16.9. The quantitative estimate of drug-likeness (QED) is 0.749. The molecule has 0 radical (unpaired) electrons. The van der Waals surface area contributed by atoms with E-state index < -0.39 is 0 Å². The number of amides is 1. The highest BCUT2D eigenvalue weighted by Gasteiger charge is 2.12. The van der Waals surface area contributed by atoms with Gasteiger partial charge in [-0.05, 0) is 23.6 Å². The Morgan fingerprint density at radius 3 is 2.88 bits per heavy atom. The van der Waals surface area contributed by atoms with Gasteiger partial charge in [0.2, 0.25) is 0 Å². The zero-order valence-corrected chi connectivity index (χ0v) is 14.5. The fraction of sp³-hybridized carbons (Fsp3) is 0.222. The van der Waals surface area contributed by atoms with E-state index in [0.29, 0.717) is 24.3 Å². The number of benzene rings is 1. The second-order valence-electron chi connectivity index (χ2n) is 5.34. The van der Waals surface area contributed by atoms with Crippen LogP contribution in [0.15, 0.2) is 48.0 Å². The molecule has 3 aromatic rings. The van der Waals surface area contributed by atoms with Gasteiger partial charge in [0.1, 0.15) is 11.6 Å². The molecule has 5 nitrogen and oxygen atoms in total. The number of hydrogen-bond acceptors (Lipinski definition) is 4. The van der Waals surface area contributed by atoms with Crippen molar-refractivity contribution in [1.29, 1.82) is 0 Å². The first kappa shape index (κ1) is 16.3. The number of ether oxygens (including phenoxy) is 1. The van der Waals surface area contributed by atoms with Gasteiger partial charge in [-0.15, -0.1) is 11.3 Å². The van der Waals surface area contributed by atoms with Gasteiger partial charge in [-0.2, -0.15) is 0 Å². The summed E-state index contributed by atoms with van der Waals surface area (Å²) in [5.41, 5.74) is 1.51. The average Bonchev–Trinajstić information content (AvgIpc) is 3.25. The van der Waals surface area contributed by atoms with Crippen molar-refractivity contribution in [3.8, 4) is 16.3 Å². The molecule has 1 aromatic carbocycles. The minimum atomic E-state index is -0.139. The highest BCUT2D eigenvalue weighted by molar-refractivity contribution is 7.13. The lowest BCUT2D eigenvalue weighted by Crippen LogP contribution is -2.26. The van der Waals surface area contributed by atoms with Crippen LogP contribution in [0.25, 0.3) is 10.6 Å². The predicted molar refractivity (Wildman–Crippen MR) is 95.6 cm³/mol. The fourth-order valence-corrected chi connectivity index (χ4v) is 3.18. The molecule has 0 saturated heterocycles. The van der Waals surface area contributed by atoms with Crippen LogP contribution in [-0.2, 0) is 13.5 Å². The van der Waals surface area contributed by atoms with Crippen LogP contribution in [-0.4, -0.2) is 29.1 Å². The molecule has 0 fully saturated rings. The molecule has 24 heavy (non-hydrogen) atoms. The van der Waals surface area contributed by atoms with E-state index in [0.717, 1.165) is 16.4 Å². The van der Waals surface area contributed by atoms with Crippen molar-refractivity contribution in [2.75, 3.05) is 13.7 Å². The van der Waals surface area contributed by atoms with Crippen LogP contribution in [0.2, 0.25) is 0 Å². The molecule has 0 atom stereocenters. The molecule has 0 unspecified atom stereocenters. The number of methoxy groups -OCH3 is 1. The molecular formula is C18H19N3O2S. The van der Waals surface area contributed by atoms with E-state index >= 15 is 0 Å². The number of imidazole rings is 1. The Morgan fingerprint density at radius 2 is 2.12 bits per heavy atom. The molecule has 2 aromatic heterocycles. The number of nitrogens with zero attached hydrogens (tertiary/aromatic N) is 2. The summed E-state index contributed by atoms with van der Waals surface area (Å²) in [6, 6.07) is 11.3. The summed E-state index contributed by atoms with van der Waals surface area (Å²) < 4.78 is 7.22. The van der Waals surface area contributed by atoms with Crippen LogP contribution in [0.3, 0.4) is 0 Å². The zero-order valence-electron chi connectivity index (χ0n) is 13.7. The second kappa shape index (κ2) is 7.31. The van der Waals surface area contributed by atoms with Crippen molar-refractivity contribution in [2.24, 2.45) is 7.05 Å². The number of thiophene rings is 1. The minimum absolute atomic E-state index is 0.139. The van der Waals surface area contributed by atoms with E-state index in [-0.39, 0.29) is 5.91 Å². The Balaban J connectivity index is 1.61. The minimum Gasteiger partial charge on any atom is -0.496 e. The molecular weight excluding hydrogens is 322 g/mol. The van der Waals surface area contributed by atoms with E-state index in [1.165, 1.54) is 0 Å². The second-order valence-corrected chi connectivity index (χ2v) is 6.28. The van der Waals surface area contributed by atoms with Crippen molar-refractivity contribution in [2.45, 2.75) is 6.42 Å². The largest absolute Gasteiger partial charge is 0.496 e. The molecule has 1 N–H and O–H groups in total. The number of carbonyl (C=O) groups excluding carboxylic acids is 1. The molecule has 1 amide bonds. The first-order valence-corrected chi connectivity index (χ1v) is 8.54. The molecule has 0 aliphatic carbocycles. The summed E-state index contributed by atoms with van der Waals surface area (Å²) in [5.74, 6) is 1.38. The average molecular weight is 341 g/mol. The summed E-state index contributed by atoms with van der Waals surface area (Å²) in [7, 11) is 3.54. The van der Waals surface area contributed by atoms with E-state index in [1.807, 2.05) is 41.4 Å². The van der Waals surface area contributed by atoms with E-state index in [4.69, 9.17) is 4.74 Å². The maximum Gasteiger partial charge on any atom is 0.255 e. The van der Waals surface area contributed by atoms with Gasteiger partial charge in [-0.3, -0.25) is 4.79 Å². The van der Waals surface area contributed by atoms with Gasteiger partial charge in [0.05, 0.1) is 23.2 Å². The number of aromatic nitrogens is 2. The molecule has 0 aliphatic rings. The van der Waals surface area contributed by atoms with Gasteiger partial charge in [-0.1, -0.05) is 18.2 Å². The first-order valence-electron chi connectivity index (χ1n) is 7.66. The van der Waals surface area contributed by atoms with Crippen LogP contribution in [0.1, 0.15) is 16.2 Å². The molecule has 0 saturated carbocycles. The van der Waals surface area contributed by atoms with Gasteiger partial charge in [-0.25, -0.2) is 4.98 Å². The van der Waals surface area contributed by atoms with Crippen molar-refractivity contribution in [3.05, 3.63) is 59.4 Å². The van der Waals surface area contributed by atoms with Gasteiger partial charge in [0, 0.05) is 26.2 Å². The number of carbonyl (C=O) groups is 1. The maximum atomic E-state index is 12.3. The lowest BCUT2D eigenvalue weighted by atomic mass is 10.2. The fourth-order valence-electron chi connectivity index (χ4n) is 2.50. The Bertz CT molecular complexity index is 825. The van der Waals surface area contributed by atoms with Gasteiger partial charge < -0.3 is 14.6 Å². The summed E-state index contributed by atoms with van der Waals surface area (Å²) >= 11 is 1.67. The maximum absolute atomic E-state index is 12.3. The van der Waals surface area contributed by atoms with Crippen LogP contribution in [0.4, 0.5) is 0 Å². The van der Waals surface area contributed by atoms with Gasteiger partial charge in [0.15, 0.2) is 0 Å². The lowest BCUT2D eigenvalue weighted by Gasteiger charge is -2.09. The van der Waals surface area contributed by atoms with Crippen molar-refractivity contribution >= 4 is 17.2 Å². The molecule has 3 rings (SSSR count). The molecule has 2 heterocycles. The molecule has 0 aliphatic heterocycles. The number of rotatable bonds is 6. The molecule has 6 heteroatoms. The number of hydrogen-bond donors (Lipinski definition) is 1.